The number of anilines is 1. The van der Waals surface area contributed by atoms with Crippen LogP contribution < -0.4 is 14.8 Å². The maximum atomic E-state index is 12.4. The molecule has 1 saturated heterocycles. The predicted molar refractivity (Wildman–Crippen MR) is 112 cm³/mol. The second kappa shape index (κ2) is 9.96. The molecule has 1 aliphatic heterocycles. The number of nitrogens with one attached hydrogen (secondary N) is 1. The van der Waals surface area contributed by atoms with Crippen molar-refractivity contribution in [3.63, 3.8) is 0 Å². The molecule has 0 saturated carbocycles. The zero-order chi connectivity index (χ0) is 20.6. The van der Waals surface area contributed by atoms with Crippen molar-refractivity contribution >= 4 is 17.5 Å². The van der Waals surface area contributed by atoms with Gasteiger partial charge in [-0.3, -0.25) is 9.59 Å². The van der Waals surface area contributed by atoms with Crippen LogP contribution in [0.25, 0.3) is 0 Å². The van der Waals surface area contributed by atoms with Crippen LogP contribution >= 0.6 is 0 Å². The van der Waals surface area contributed by atoms with Crippen LogP contribution in [0.2, 0.25) is 0 Å². The lowest BCUT2D eigenvalue weighted by atomic mass is 10.1. The smallest absolute Gasteiger partial charge is 0.226 e. The molecule has 0 radical (unpaired) electrons. The van der Waals surface area contributed by atoms with Crippen LogP contribution in [-0.2, 0) is 22.4 Å². The van der Waals surface area contributed by atoms with E-state index in [1.54, 1.807) is 14.2 Å². The van der Waals surface area contributed by atoms with Crippen LogP contribution in [0.1, 0.15) is 30.4 Å². The maximum absolute atomic E-state index is 12.4. The fourth-order valence-corrected chi connectivity index (χ4v) is 3.60. The first-order valence-corrected chi connectivity index (χ1v) is 9.97. The second-order valence-corrected chi connectivity index (χ2v) is 7.15. The Balaban J connectivity index is 1.53. The van der Waals surface area contributed by atoms with E-state index in [1.165, 1.54) is 0 Å². The molecule has 0 aliphatic carbocycles. The van der Waals surface area contributed by atoms with Crippen LogP contribution in [0.4, 0.5) is 5.69 Å². The lowest BCUT2D eigenvalue weighted by Crippen LogP contribution is -2.29. The molecule has 0 atom stereocenters. The van der Waals surface area contributed by atoms with Crippen molar-refractivity contribution in [2.24, 2.45) is 0 Å². The SMILES string of the molecule is COc1cccc(OC)c1CCC(=O)Nc1ccc(CC(=O)N2CCCC2)cc1. The summed E-state index contributed by atoms with van der Waals surface area (Å²) in [5.74, 6) is 1.51. The van der Waals surface area contributed by atoms with Crippen molar-refractivity contribution in [1.29, 1.82) is 0 Å². The van der Waals surface area contributed by atoms with E-state index in [4.69, 9.17) is 9.47 Å². The molecule has 1 N–H and O–H groups in total. The third-order valence-electron chi connectivity index (χ3n) is 5.18. The van der Waals surface area contributed by atoms with Gasteiger partial charge in [-0.2, -0.15) is 0 Å². The maximum Gasteiger partial charge on any atom is 0.226 e. The third-order valence-corrected chi connectivity index (χ3v) is 5.18. The van der Waals surface area contributed by atoms with Crippen molar-refractivity contribution < 1.29 is 19.1 Å². The fraction of sp³-hybridized carbons (Fsp3) is 0.391. The Morgan fingerprint density at radius 1 is 0.966 bits per heavy atom. The molecular formula is C23H28N2O4. The lowest BCUT2D eigenvalue weighted by Gasteiger charge is -2.15. The first-order chi connectivity index (χ1) is 14.1. The Kier molecular flexibility index (Phi) is 7.11. The second-order valence-electron chi connectivity index (χ2n) is 7.15. The van der Waals surface area contributed by atoms with Crippen LogP contribution in [0.15, 0.2) is 42.5 Å². The van der Waals surface area contributed by atoms with Gasteiger partial charge in [0.25, 0.3) is 0 Å². The average molecular weight is 396 g/mol. The Bertz CT molecular complexity index is 820. The van der Waals surface area contributed by atoms with Gasteiger partial charge in [-0.1, -0.05) is 18.2 Å². The Hall–Kier alpha value is -3.02. The number of hydrogen-bond donors (Lipinski definition) is 1. The van der Waals surface area contributed by atoms with Gasteiger partial charge in [-0.25, -0.2) is 0 Å². The van der Waals surface area contributed by atoms with E-state index >= 15 is 0 Å². The number of hydrogen-bond acceptors (Lipinski definition) is 4. The monoisotopic (exact) mass is 396 g/mol. The molecule has 1 fully saturated rings. The van der Waals surface area contributed by atoms with Crippen LogP contribution in [0.5, 0.6) is 11.5 Å². The predicted octanol–water partition coefficient (Wildman–Crippen LogP) is 3.44. The van der Waals surface area contributed by atoms with Gasteiger partial charge < -0.3 is 19.7 Å². The molecule has 2 aromatic rings. The summed E-state index contributed by atoms with van der Waals surface area (Å²) < 4.78 is 10.8. The molecule has 1 heterocycles. The molecule has 6 nitrogen and oxygen atoms in total. The van der Waals surface area contributed by atoms with Gasteiger partial charge in [0.15, 0.2) is 0 Å². The number of likely N-dealkylation sites (tertiary alicyclic amines) is 1. The fourth-order valence-electron chi connectivity index (χ4n) is 3.60. The molecule has 0 bridgehead atoms. The minimum atomic E-state index is -0.0844. The first-order valence-electron chi connectivity index (χ1n) is 9.97. The highest BCUT2D eigenvalue weighted by Crippen LogP contribution is 2.29. The summed E-state index contributed by atoms with van der Waals surface area (Å²) in [7, 11) is 3.21. The Morgan fingerprint density at radius 3 is 2.17 bits per heavy atom. The topological polar surface area (TPSA) is 67.9 Å². The van der Waals surface area contributed by atoms with Crippen LogP contribution in [0.3, 0.4) is 0 Å². The summed E-state index contributed by atoms with van der Waals surface area (Å²) in [6.07, 6.45) is 3.42. The first kappa shape index (κ1) is 20.7. The van der Waals surface area contributed by atoms with Gasteiger partial charge in [-0.05, 0) is 49.1 Å². The summed E-state index contributed by atoms with van der Waals surface area (Å²) >= 11 is 0. The lowest BCUT2D eigenvalue weighted by molar-refractivity contribution is -0.129. The standard InChI is InChI=1S/C23H28N2O4/c1-28-20-6-5-7-21(29-2)19(20)12-13-22(26)24-18-10-8-17(9-11-18)16-23(27)25-14-3-4-15-25/h5-11H,3-4,12-16H2,1-2H3,(H,24,26). The van der Waals surface area contributed by atoms with Crippen LogP contribution in [-0.4, -0.2) is 44.0 Å². The number of benzene rings is 2. The number of ether oxygens (including phenoxy) is 2. The Morgan fingerprint density at radius 2 is 1.59 bits per heavy atom. The van der Waals surface area contributed by atoms with E-state index in [2.05, 4.69) is 5.32 Å². The van der Waals surface area contributed by atoms with Crippen molar-refractivity contribution in [1.82, 2.24) is 4.90 Å². The minimum Gasteiger partial charge on any atom is -0.496 e. The van der Waals surface area contributed by atoms with Crippen molar-refractivity contribution in [3.05, 3.63) is 53.6 Å². The van der Waals surface area contributed by atoms with E-state index in [9.17, 15) is 9.59 Å². The molecular weight excluding hydrogens is 368 g/mol. The largest absolute Gasteiger partial charge is 0.496 e. The summed E-state index contributed by atoms with van der Waals surface area (Å²) in [5, 5.41) is 2.91. The quantitative estimate of drug-likeness (QED) is 0.742. The molecule has 29 heavy (non-hydrogen) atoms. The summed E-state index contributed by atoms with van der Waals surface area (Å²) in [5.41, 5.74) is 2.56. The number of methoxy groups -OCH3 is 2. The van der Waals surface area contributed by atoms with Gasteiger partial charge in [0.05, 0.1) is 20.6 Å². The van der Waals surface area contributed by atoms with Gasteiger partial charge >= 0.3 is 0 Å². The summed E-state index contributed by atoms with van der Waals surface area (Å²) in [6, 6.07) is 13.1. The molecule has 3 rings (SSSR count). The zero-order valence-corrected chi connectivity index (χ0v) is 17.1. The highest BCUT2D eigenvalue weighted by Gasteiger charge is 2.18. The van der Waals surface area contributed by atoms with Gasteiger partial charge in [0.2, 0.25) is 11.8 Å². The van der Waals surface area contributed by atoms with E-state index in [1.807, 2.05) is 47.4 Å². The number of carbonyl (C=O) groups is 2. The van der Waals surface area contributed by atoms with Crippen molar-refractivity contribution in [2.45, 2.75) is 32.1 Å². The van der Waals surface area contributed by atoms with Crippen LogP contribution in [0, 0.1) is 0 Å². The number of rotatable bonds is 8. The highest BCUT2D eigenvalue weighted by atomic mass is 16.5. The molecule has 6 heteroatoms. The average Bonchev–Trinajstić information content (AvgIpc) is 3.28. The third kappa shape index (κ3) is 5.50. The Labute approximate surface area is 171 Å². The zero-order valence-electron chi connectivity index (χ0n) is 17.1. The van der Waals surface area contributed by atoms with Crippen molar-refractivity contribution in [3.8, 4) is 11.5 Å². The number of amides is 2. The normalized spacial score (nSPS) is 13.2. The molecule has 0 spiro atoms. The van der Waals surface area contributed by atoms with E-state index in [0.717, 1.165) is 42.7 Å². The van der Waals surface area contributed by atoms with E-state index in [-0.39, 0.29) is 11.8 Å². The minimum absolute atomic E-state index is 0.0844. The van der Waals surface area contributed by atoms with Crippen molar-refractivity contribution in [2.75, 3.05) is 32.6 Å². The van der Waals surface area contributed by atoms with Gasteiger partial charge in [-0.15, -0.1) is 0 Å². The summed E-state index contributed by atoms with van der Waals surface area (Å²) in [4.78, 5) is 26.5. The number of nitrogens with zero attached hydrogens (tertiary/aromatic N) is 1. The molecule has 0 unspecified atom stereocenters. The molecule has 1 aliphatic rings. The molecule has 0 aromatic heterocycles. The summed E-state index contributed by atoms with van der Waals surface area (Å²) in [6.45, 7) is 1.73. The van der Waals surface area contributed by atoms with E-state index in [0.29, 0.717) is 30.8 Å². The van der Waals surface area contributed by atoms with E-state index < -0.39 is 0 Å². The highest BCUT2D eigenvalue weighted by molar-refractivity contribution is 5.91. The number of carbonyl (C=O) groups excluding carboxylic acids is 2. The molecule has 2 aromatic carbocycles. The molecule has 154 valence electrons. The molecule has 2 amide bonds. The van der Waals surface area contributed by atoms with Gasteiger partial charge in [0, 0.05) is 30.8 Å². The van der Waals surface area contributed by atoms with Gasteiger partial charge in [0.1, 0.15) is 11.5 Å².